The Bertz CT molecular complexity index is 1210. The minimum Gasteiger partial charge on any atom is -0.457 e. The lowest BCUT2D eigenvalue weighted by Gasteiger charge is -2.25. The Morgan fingerprint density at radius 2 is 1.56 bits per heavy atom. The molecule has 0 spiro atoms. The molecule has 4 rings (SSSR count). The molecule has 1 unspecified atom stereocenters. The topological polar surface area (TPSA) is 87.7 Å². The average molecular weight is 461 g/mol. The van der Waals surface area contributed by atoms with E-state index in [0.717, 1.165) is 10.5 Å². The molecule has 1 atom stereocenters. The second-order valence-corrected chi connectivity index (χ2v) is 8.07. The predicted molar refractivity (Wildman–Crippen MR) is 125 cm³/mol. The number of imide groups is 1. The molecular formula is C26H24FN3O4. The van der Waals surface area contributed by atoms with Gasteiger partial charge in [0, 0.05) is 5.69 Å². The van der Waals surface area contributed by atoms with Gasteiger partial charge in [-0.05, 0) is 67.4 Å². The number of urea groups is 1. The SMILES string of the molecule is CCC1(c2ccc(F)cc2)NC(=O)N(CC(=O)Nc2ccc(Oc3ccc(C)cc3)cc2)C1=O. The zero-order valence-electron chi connectivity index (χ0n) is 18.8. The summed E-state index contributed by atoms with van der Waals surface area (Å²) < 4.78 is 19.1. The van der Waals surface area contributed by atoms with Gasteiger partial charge in [0.25, 0.3) is 5.91 Å². The number of carbonyl (C=O) groups is 3. The van der Waals surface area contributed by atoms with Crippen molar-refractivity contribution in [1.82, 2.24) is 10.2 Å². The summed E-state index contributed by atoms with van der Waals surface area (Å²) in [6.07, 6.45) is 0.254. The highest BCUT2D eigenvalue weighted by Gasteiger charge is 2.51. The lowest BCUT2D eigenvalue weighted by Crippen LogP contribution is -2.44. The molecule has 0 aliphatic carbocycles. The Morgan fingerprint density at radius 3 is 2.15 bits per heavy atom. The summed E-state index contributed by atoms with van der Waals surface area (Å²) in [5.74, 6) is -0.229. The third-order valence-corrected chi connectivity index (χ3v) is 5.74. The third kappa shape index (κ3) is 4.61. The first-order valence-electron chi connectivity index (χ1n) is 10.9. The maximum atomic E-state index is 13.3. The van der Waals surface area contributed by atoms with Crippen molar-refractivity contribution in [3.63, 3.8) is 0 Å². The highest BCUT2D eigenvalue weighted by molar-refractivity contribution is 6.10. The lowest BCUT2D eigenvalue weighted by molar-refractivity contribution is -0.134. The van der Waals surface area contributed by atoms with Crippen molar-refractivity contribution in [3.05, 3.63) is 89.7 Å². The van der Waals surface area contributed by atoms with Crippen LogP contribution < -0.4 is 15.4 Å². The number of benzene rings is 3. The fraction of sp³-hybridized carbons (Fsp3) is 0.192. The molecule has 3 aromatic carbocycles. The molecule has 1 aliphatic rings. The quantitative estimate of drug-likeness (QED) is 0.499. The van der Waals surface area contributed by atoms with Crippen LogP contribution in [-0.4, -0.2) is 29.3 Å². The van der Waals surface area contributed by atoms with Gasteiger partial charge in [-0.3, -0.25) is 14.5 Å². The van der Waals surface area contributed by atoms with Crippen molar-refractivity contribution in [2.75, 3.05) is 11.9 Å². The number of hydrogen-bond acceptors (Lipinski definition) is 4. The number of amides is 4. The van der Waals surface area contributed by atoms with Crippen LogP contribution in [0.4, 0.5) is 14.9 Å². The van der Waals surface area contributed by atoms with Crippen molar-refractivity contribution in [2.24, 2.45) is 0 Å². The molecule has 34 heavy (non-hydrogen) atoms. The van der Waals surface area contributed by atoms with Crippen LogP contribution in [0.25, 0.3) is 0 Å². The van der Waals surface area contributed by atoms with E-state index in [-0.39, 0.29) is 6.42 Å². The van der Waals surface area contributed by atoms with Crippen LogP contribution in [0.5, 0.6) is 11.5 Å². The van der Waals surface area contributed by atoms with Crippen molar-refractivity contribution in [3.8, 4) is 11.5 Å². The van der Waals surface area contributed by atoms with Crippen molar-refractivity contribution in [1.29, 1.82) is 0 Å². The number of anilines is 1. The monoisotopic (exact) mass is 461 g/mol. The van der Waals surface area contributed by atoms with Crippen molar-refractivity contribution < 1.29 is 23.5 Å². The summed E-state index contributed by atoms with van der Waals surface area (Å²) >= 11 is 0. The maximum absolute atomic E-state index is 13.3. The molecule has 2 N–H and O–H groups in total. The van der Waals surface area contributed by atoms with E-state index in [1.807, 2.05) is 31.2 Å². The first-order chi connectivity index (χ1) is 16.3. The van der Waals surface area contributed by atoms with Crippen LogP contribution in [0.15, 0.2) is 72.8 Å². The Hall–Kier alpha value is -4.20. The van der Waals surface area contributed by atoms with Gasteiger partial charge in [-0.15, -0.1) is 0 Å². The van der Waals surface area contributed by atoms with Gasteiger partial charge in [0.1, 0.15) is 29.4 Å². The summed E-state index contributed by atoms with van der Waals surface area (Å²) in [4.78, 5) is 39.1. The fourth-order valence-electron chi connectivity index (χ4n) is 3.84. The Morgan fingerprint density at radius 1 is 0.971 bits per heavy atom. The van der Waals surface area contributed by atoms with Gasteiger partial charge in [0.05, 0.1) is 0 Å². The zero-order valence-corrected chi connectivity index (χ0v) is 18.8. The molecule has 0 aromatic heterocycles. The lowest BCUT2D eigenvalue weighted by atomic mass is 9.87. The third-order valence-electron chi connectivity index (χ3n) is 5.74. The molecule has 7 nitrogen and oxygen atoms in total. The van der Waals surface area contributed by atoms with Crippen LogP contribution in [0.3, 0.4) is 0 Å². The minimum atomic E-state index is -1.33. The maximum Gasteiger partial charge on any atom is 0.325 e. The van der Waals surface area contributed by atoms with E-state index < -0.39 is 35.7 Å². The molecule has 1 saturated heterocycles. The molecule has 0 bridgehead atoms. The van der Waals surface area contributed by atoms with E-state index in [4.69, 9.17) is 4.74 Å². The number of nitrogens with zero attached hydrogens (tertiary/aromatic N) is 1. The number of hydrogen-bond donors (Lipinski definition) is 2. The summed E-state index contributed by atoms with van der Waals surface area (Å²) in [5, 5.41) is 5.36. The van der Waals surface area contributed by atoms with E-state index >= 15 is 0 Å². The molecule has 3 aromatic rings. The van der Waals surface area contributed by atoms with Crippen LogP contribution in [0.2, 0.25) is 0 Å². The van der Waals surface area contributed by atoms with E-state index in [1.165, 1.54) is 24.3 Å². The van der Waals surface area contributed by atoms with Crippen molar-refractivity contribution in [2.45, 2.75) is 25.8 Å². The predicted octanol–water partition coefficient (Wildman–Crippen LogP) is 4.72. The number of halogens is 1. The van der Waals surface area contributed by atoms with Crippen LogP contribution in [0, 0.1) is 12.7 Å². The van der Waals surface area contributed by atoms with Crippen molar-refractivity contribution >= 4 is 23.5 Å². The molecule has 4 amide bonds. The standard InChI is InChI=1S/C26H24FN3O4/c1-3-26(18-6-8-19(27)9-7-18)24(32)30(25(33)29-26)16-23(31)28-20-10-14-22(15-11-20)34-21-12-4-17(2)5-13-21/h4-15H,3,16H2,1-2H3,(H,28,31)(H,29,33). The number of carbonyl (C=O) groups excluding carboxylic acids is 3. The van der Waals surface area contributed by atoms with E-state index in [0.29, 0.717) is 22.7 Å². The Kier molecular flexibility index (Phi) is 6.32. The number of rotatable bonds is 7. The molecule has 0 saturated carbocycles. The molecule has 1 aliphatic heterocycles. The molecule has 8 heteroatoms. The smallest absolute Gasteiger partial charge is 0.325 e. The second kappa shape index (κ2) is 9.35. The van der Waals surface area contributed by atoms with Gasteiger partial charge in [-0.1, -0.05) is 36.8 Å². The summed E-state index contributed by atoms with van der Waals surface area (Å²) in [5.41, 5.74) is 0.750. The van der Waals surface area contributed by atoms with Gasteiger partial charge in [-0.2, -0.15) is 0 Å². The van der Waals surface area contributed by atoms with Gasteiger partial charge >= 0.3 is 6.03 Å². The largest absolute Gasteiger partial charge is 0.457 e. The van der Waals surface area contributed by atoms with E-state index in [1.54, 1.807) is 31.2 Å². The van der Waals surface area contributed by atoms with Gasteiger partial charge in [0.15, 0.2) is 0 Å². The Labute approximate surface area is 196 Å². The molecule has 174 valence electrons. The van der Waals surface area contributed by atoms with E-state index in [9.17, 15) is 18.8 Å². The normalized spacial score (nSPS) is 17.4. The number of ether oxygens (including phenoxy) is 1. The summed E-state index contributed by atoms with van der Waals surface area (Å²) in [6, 6.07) is 19.1. The van der Waals surface area contributed by atoms with Crippen LogP contribution >= 0.6 is 0 Å². The van der Waals surface area contributed by atoms with Crippen LogP contribution in [-0.2, 0) is 15.1 Å². The van der Waals surface area contributed by atoms with E-state index in [2.05, 4.69) is 10.6 Å². The molecule has 1 fully saturated rings. The fourth-order valence-corrected chi connectivity index (χ4v) is 3.84. The zero-order chi connectivity index (χ0) is 24.3. The average Bonchev–Trinajstić information content (AvgIpc) is 3.07. The Balaban J connectivity index is 1.40. The highest BCUT2D eigenvalue weighted by Crippen LogP contribution is 2.32. The van der Waals surface area contributed by atoms with Gasteiger partial charge < -0.3 is 15.4 Å². The second-order valence-electron chi connectivity index (χ2n) is 8.07. The number of aryl methyl sites for hydroxylation is 1. The molecule has 1 heterocycles. The van der Waals surface area contributed by atoms with Gasteiger partial charge in [0.2, 0.25) is 5.91 Å². The molecular weight excluding hydrogens is 437 g/mol. The minimum absolute atomic E-state index is 0.254. The van der Waals surface area contributed by atoms with Crippen LogP contribution in [0.1, 0.15) is 24.5 Å². The summed E-state index contributed by atoms with van der Waals surface area (Å²) in [6.45, 7) is 3.28. The first-order valence-corrected chi connectivity index (χ1v) is 10.9. The molecule has 0 radical (unpaired) electrons. The first kappa shape index (κ1) is 23.0. The highest BCUT2D eigenvalue weighted by atomic mass is 19.1. The number of nitrogens with one attached hydrogen (secondary N) is 2. The van der Waals surface area contributed by atoms with Gasteiger partial charge in [-0.25, -0.2) is 9.18 Å². The summed E-state index contributed by atoms with van der Waals surface area (Å²) in [7, 11) is 0.